The first-order valence-electron chi connectivity index (χ1n) is 12.1. The fourth-order valence-corrected chi connectivity index (χ4v) is 5.10. The maximum atomic E-state index is 13.5. The van der Waals surface area contributed by atoms with Crippen LogP contribution in [-0.4, -0.2) is 25.8 Å². The Bertz CT molecular complexity index is 1370. The second-order valence-electron chi connectivity index (χ2n) is 9.02. The van der Waals surface area contributed by atoms with E-state index in [1.807, 2.05) is 74.1 Å². The lowest BCUT2D eigenvalue weighted by Crippen LogP contribution is -2.26. The number of amides is 1. The molecular weight excluding hydrogens is 456 g/mol. The topological polar surface area (TPSA) is 68.9 Å². The molecule has 6 nitrogen and oxygen atoms in total. The van der Waals surface area contributed by atoms with Gasteiger partial charge in [-0.2, -0.15) is 0 Å². The average molecular weight is 489 g/mol. The normalized spacial score (nSPS) is 11.3. The molecule has 7 heteroatoms. The predicted octanol–water partition coefficient (Wildman–Crippen LogP) is 6.06. The fourth-order valence-electron chi connectivity index (χ4n) is 4.18. The Morgan fingerprint density at radius 1 is 1.09 bits per heavy atom. The summed E-state index contributed by atoms with van der Waals surface area (Å²) in [5, 5.41) is 3.51. The molecule has 2 aromatic carbocycles. The molecule has 0 radical (unpaired) electrons. The molecule has 0 bridgehead atoms. The minimum atomic E-state index is -0.127. The number of unbranched alkanes of at least 4 members (excludes halogenated alkanes) is 1. The summed E-state index contributed by atoms with van der Waals surface area (Å²) < 4.78 is 3.52. The standard InChI is InChI=1S/C28H32N4O2S/c1-5-6-10-20-13-15-22(16-14-20)29-24(33)18-35-28-30-25-23(21-11-8-7-9-12-21)17-31(4)26(25)27(34)32(28)19(2)3/h7-9,11-17,19H,5-6,10,18H2,1-4H3,(H,29,33). The zero-order valence-electron chi connectivity index (χ0n) is 20.7. The van der Waals surface area contributed by atoms with Crippen LogP contribution in [0.4, 0.5) is 5.69 Å². The smallest absolute Gasteiger partial charge is 0.278 e. The van der Waals surface area contributed by atoms with Gasteiger partial charge in [0, 0.05) is 30.5 Å². The SMILES string of the molecule is CCCCc1ccc(NC(=O)CSc2nc3c(-c4ccccc4)cn(C)c3c(=O)n2C(C)C)cc1. The van der Waals surface area contributed by atoms with E-state index in [1.54, 1.807) is 4.57 Å². The number of anilines is 1. The molecule has 0 aliphatic rings. The third-order valence-corrected chi connectivity index (χ3v) is 6.93. The van der Waals surface area contributed by atoms with Gasteiger partial charge in [-0.15, -0.1) is 0 Å². The fraction of sp³-hybridized carbons (Fsp3) is 0.321. The number of rotatable bonds is 9. The summed E-state index contributed by atoms with van der Waals surface area (Å²) in [6, 6.07) is 17.9. The van der Waals surface area contributed by atoms with Gasteiger partial charge in [-0.05, 0) is 49.9 Å². The van der Waals surface area contributed by atoms with Crippen LogP contribution in [0, 0.1) is 0 Å². The zero-order valence-corrected chi connectivity index (χ0v) is 21.6. The minimum Gasteiger partial charge on any atom is -0.344 e. The molecule has 0 aliphatic heterocycles. The van der Waals surface area contributed by atoms with Crippen molar-refractivity contribution in [1.29, 1.82) is 0 Å². The van der Waals surface area contributed by atoms with Crippen LogP contribution >= 0.6 is 11.8 Å². The second kappa shape index (κ2) is 11.0. The molecule has 0 fully saturated rings. The van der Waals surface area contributed by atoms with Crippen LogP contribution in [-0.2, 0) is 18.3 Å². The monoisotopic (exact) mass is 488 g/mol. The quantitative estimate of drug-likeness (QED) is 0.230. The van der Waals surface area contributed by atoms with Crippen molar-refractivity contribution >= 4 is 34.4 Å². The van der Waals surface area contributed by atoms with Crippen molar-refractivity contribution in [2.24, 2.45) is 7.05 Å². The predicted molar refractivity (Wildman–Crippen MR) is 145 cm³/mol. The third kappa shape index (κ3) is 5.51. The van der Waals surface area contributed by atoms with E-state index in [4.69, 9.17) is 4.98 Å². The van der Waals surface area contributed by atoms with Gasteiger partial charge in [-0.1, -0.05) is 67.6 Å². The van der Waals surface area contributed by atoms with Crippen LogP contribution in [0.3, 0.4) is 0 Å². The number of carbonyl (C=O) groups excluding carboxylic acids is 1. The van der Waals surface area contributed by atoms with Crippen LogP contribution in [0.15, 0.2) is 70.7 Å². The minimum absolute atomic E-state index is 0.0873. The van der Waals surface area contributed by atoms with Gasteiger partial charge in [0.25, 0.3) is 5.56 Å². The summed E-state index contributed by atoms with van der Waals surface area (Å²) >= 11 is 1.29. The maximum absolute atomic E-state index is 13.5. The Hall–Kier alpha value is -3.32. The van der Waals surface area contributed by atoms with Crippen molar-refractivity contribution in [2.45, 2.75) is 51.2 Å². The first-order valence-corrected chi connectivity index (χ1v) is 13.1. The van der Waals surface area contributed by atoms with Gasteiger partial charge in [0.2, 0.25) is 5.91 Å². The molecule has 1 amide bonds. The van der Waals surface area contributed by atoms with Crippen molar-refractivity contribution in [3.05, 3.63) is 76.7 Å². The van der Waals surface area contributed by atoms with E-state index in [1.165, 1.54) is 17.3 Å². The lowest BCUT2D eigenvalue weighted by molar-refractivity contribution is -0.113. The summed E-state index contributed by atoms with van der Waals surface area (Å²) in [4.78, 5) is 31.1. The van der Waals surface area contributed by atoms with E-state index in [-0.39, 0.29) is 23.3 Å². The Kier molecular flexibility index (Phi) is 7.76. The van der Waals surface area contributed by atoms with E-state index < -0.39 is 0 Å². The molecule has 0 saturated carbocycles. The molecule has 4 aromatic rings. The molecule has 4 rings (SSSR count). The number of hydrogen-bond acceptors (Lipinski definition) is 4. The number of carbonyl (C=O) groups is 1. The molecule has 0 aliphatic carbocycles. The summed E-state index contributed by atoms with van der Waals surface area (Å²) in [6.07, 6.45) is 5.31. The summed E-state index contributed by atoms with van der Waals surface area (Å²) in [5.41, 5.74) is 5.08. The van der Waals surface area contributed by atoms with Gasteiger partial charge in [0.15, 0.2) is 5.16 Å². The van der Waals surface area contributed by atoms with E-state index >= 15 is 0 Å². The van der Waals surface area contributed by atoms with Crippen molar-refractivity contribution in [2.75, 3.05) is 11.1 Å². The molecule has 1 N–H and O–H groups in total. The van der Waals surface area contributed by atoms with Gasteiger partial charge in [-0.25, -0.2) is 4.98 Å². The maximum Gasteiger partial charge on any atom is 0.278 e. The first-order chi connectivity index (χ1) is 16.9. The molecule has 0 saturated heterocycles. The van der Waals surface area contributed by atoms with Crippen LogP contribution in [0.25, 0.3) is 22.2 Å². The number of aromatic nitrogens is 3. The number of thioether (sulfide) groups is 1. The molecule has 2 heterocycles. The van der Waals surface area contributed by atoms with Gasteiger partial charge < -0.3 is 9.88 Å². The first kappa shape index (κ1) is 24.8. The Morgan fingerprint density at radius 2 is 1.80 bits per heavy atom. The summed E-state index contributed by atoms with van der Waals surface area (Å²) in [5.74, 6) is 0.0350. The molecule has 2 aromatic heterocycles. The van der Waals surface area contributed by atoms with Crippen molar-refractivity contribution < 1.29 is 4.79 Å². The summed E-state index contributed by atoms with van der Waals surface area (Å²) in [7, 11) is 1.87. The lowest BCUT2D eigenvalue weighted by Gasteiger charge is -2.16. The zero-order chi connectivity index (χ0) is 24.9. The van der Waals surface area contributed by atoms with Crippen LogP contribution in [0.5, 0.6) is 0 Å². The molecule has 182 valence electrons. The highest BCUT2D eigenvalue weighted by Gasteiger charge is 2.20. The van der Waals surface area contributed by atoms with E-state index in [2.05, 4.69) is 24.4 Å². The highest BCUT2D eigenvalue weighted by atomic mass is 32.2. The van der Waals surface area contributed by atoms with Gasteiger partial charge in [0.1, 0.15) is 11.0 Å². The lowest BCUT2D eigenvalue weighted by atomic mass is 10.1. The molecular formula is C28H32N4O2S. The second-order valence-corrected chi connectivity index (χ2v) is 9.96. The van der Waals surface area contributed by atoms with Gasteiger partial charge in [0.05, 0.1) is 5.75 Å². The molecule has 0 unspecified atom stereocenters. The highest BCUT2D eigenvalue weighted by Crippen LogP contribution is 2.30. The van der Waals surface area contributed by atoms with E-state index in [9.17, 15) is 9.59 Å². The van der Waals surface area contributed by atoms with E-state index in [0.29, 0.717) is 16.2 Å². The van der Waals surface area contributed by atoms with Gasteiger partial charge >= 0.3 is 0 Å². The average Bonchev–Trinajstić information content (AvgIpc) is 3.19. The number of hydrogen-bond donors (Lipinski definition) is 1. The van der Waals surface area contributed by atoms with Crippen molar-refractivity contribution in [3.63, 3.8) is 0 Å². The van der Waals surface area contributed by atoms with E-state index in [0.717, 1.165) is 36.1 Å². The highest BCUT2D eigenvalue weighted by molar-refractivity contribution is 7.99. The number of fused-ring (bicyclic) bond motifs is 1. The summed E-state index contributed by atoms with van der Waals surface area (Å²) in [6.45, 7) is 6.10. The Morgan fingerprint density at radius 3 is 2.46 bits per heavy atom. The van der Waals surface area contributed by atoms with Gasteiger partial charge in [-0.3, -0.25) is 14.2 Å². The number of nitrogens with one attached hydrogen (secondary N) is 1. The molecule has 0 spiro atoms. The van der Waals surface area contributed by atoms with Crippen LogP contribution in [0.2, 0.25) is 0 Å². The third-order valence-electron chi connectivity index (χ3n) is 5.98. The number of aryl methyl sites for hydroxylation is 2. The molecule has 35 heavy (non-hydrogen) atoms. The number of nitrogens with zero attached hydrogens (tertiary/aromatic N) is 3. The largest absolute Gasteiger partial charge is 0.344 e. The van der Waals surface area contributed by atoms with Crippen LogP contribution < -0.4 is 10.9 Å². The van der Waals surface area contributed by atoms with Crippen molar-refractivity contribution in [3.8, 4) is 11.1 Å². The van der Waals surface area contributed by atoms with Crippen LogP contribution in [0.1, 0.15) is 45.2 Å². The van der Waals surface area contributed by atoms with Crippen molar-refractivity contribution in [1.82, 2.24) is 14.1 Å². The Labute approximate surface area is 210 Å². The number of benzene rings is 2. The molecule has 0 atom stereocenters. The Balaban J connectivity index is 1.59.